The monoisotopic (exact) mass is 464 g/mol. The van der Waals surface area contributed by atoms with Crippen LogP contribution in [0.2, 0.25) is 0 Å². The Balaban J connectivity index is 1.69. The van der Waals surface area contributed by atoms with E-state index in [0.29, 0.717) is 22.2 Å². The third-order valence-electron chi connectivity index (χ3n) is 4.26. The average Bonchev–Trinajstić information content (AvgIpc) is 2.83. The molecule has 0 radical (unpaired) electrons. The molecule has 0 spiro atoms. The molecule has 0 aliphatic carbocycles. The zero-order valence-corrected chi connectivity index (χ0v) is 18.4. The van der Waals surface area contributed by atoms with Gasteiger partial charge in [-0.05, 0) is 29.3 Å². The second-order valence-electron chi connectivity index (χ2n) is 6.56. The zero-order chi connectivity index (χ0) is 23.6. The van der Waals surface area contributed by atoms with E-state index >= 15 is 0 Å². The number of ether oxygens (including phenoxy) is 2. The summed E-state index contributed by atoms with van der Waals surface area (Å²) in [6.45, 7) is 0. The highest BCUT2D eigenvalue weighted by molar-refractivity contribution is 8.13. The summed E-state index contributed by atoms with van der Waals surface area (Å²) in [4.78, 5) is 22.5. The van der Waals surface area contributed by atoms with Crippen LogP contribution >= 0.6 is 11.8 Å². The summed E-state index contributed by atoms with van der Waals surface area (Å²) < 4.78 is 10.5. The van der Waals surface area contributed by atoms with E-state index in [0.717, 1.165) is 11.6 Å². The number of esters is 1. The Morgan fingerprint density at radius 3 is 2.64 bits per heavy atom. The summed E-state index contributed by atoms with van der Waals surface area (Å²) in [5.74, 6) is 0.464. The van der Waals surface area contributed by atoms with Crippen LogP contribution in [0.25, 0.3) is 0 Å². The maximum absolute atomic E-state index is 12.0. The molecule has 3 aromatic rings. The van der Waals surface area contributed by atoms with E-state index in [9.17, 15) is 14.9 Å². The number of nitrogens with two attached hydrogens (primary N) is 1. The molecule has 3 rings (SSSR count). The molecule has 0 heterocycles. The lowest BCUT2D eigenvalue weighted by atomic mass is 10.1. The molecule has 3 aromatic carbocycles. The number of carbonyl (C=O) groups is 1. The highest BCUT2D eigenvalue weighted by Gasteiger charge is 2.19. The maximum atomic E-state index is 12.0. The van der Waals surface area contributed by atoms with Crippen molar-refractivity contribution in [3.8, 4) is 11.5 Å². The number of thioether (sulfide) groups is 1. The van der Waals surface area contributed by atoms with Gasteiger partial charge in [0.1, 0.15) is 17.1 Å². The fourth-order valence-corrected chi connectivity index (χ4v) is 3.30. The van der Waals surface area contributed by atoms with Gasteiger partial charge in [-0.15, -0.1) is 5.10 Å². The van der Waals surface area contributed by atoms with E-state index < -0.39 is 10.9 Å². The van der Waals surface area contributed by atoms with Gasteiger partial charge in [0.15, 0.2) is 5.17 Å². The number of nitro benzene ring substituents is 1. The number of nitrogens with zero attached hydrogens (tertiary/aromatic N) is 3. The van der Waals surface area contributed by atoms with E-state index in [4.69, 9.17) is 15.2 Å². The summed E-state index contributed by atoms with van der Waals surface area (Å²) in [6, 6.07) is 20.5. The molecule has 0 saturated heterocycles. The fraction of sp³-hybridized carbons (Fsp3) is 0.0870. The molecular weight excluding hydrogens is 444 g/mol. The van der Waals surface area contributed by atoms with Crippen molar-refractivity contribution in [3.63, 3.8) is 0 Å². The van der Waals surface area contributed by atoms with Gasteiger partial charge in [-0.2, -0.15) is 5.10 Å². The zero-order valence-electron chi connectivity index (χ0n) is 17.6. The molecule has 10 heteroatoms. The van der Waals surface area contributed by atoms with Gasteiger partial charge in [-0.3, -0.25) is 10.1 Å². The summed E-state index contributed by atoms with van der Waals surface area (Å²) >= 11 is 1.38. The van der Waals surface area contributed by atoms with E-state index in [2.05, 4.69) is 10.2 Å². The number of hydrogen-bond acceptors (Lipinski definition) is 8. The van der Waals surface area contributed by atoms with E-state index in [1.165, 1.54) is 37.2 Å². The SMILES string of the molecule is COC(=O)c1cc([N+](=O)[O-])ccc1Oc1cccc(C=NN=C(N)SCc2ccccc2)c1. The quantitative estimate of drug-likeness (QED) is 0.167. The van der Waals surface area contributed by atoms with Crippen LogP contribution in [0.5, 0.6) is 11.5 Å². The molecule has 0 aliphatic heterocycles. The molecule has 2 N–H and O–H groups in total. The number of amidine groups is 1. The molecule has 0 aromatic heterocycles. The van der Waals surface area contributed by atoms with Crippen molar-refractivity contribution in [2.75, 3.05) is 7.11 Å². The van der Waals surface area contributed by atoms with Crippen LogP contribution in [0.4, 0.5) is 5.69 Å². The highest BCUT2D eigenvalue weighted by atomic mass is 32.2. The van der Waals surface area contributed by atoms with Crippen molar-refractivity contribution in [1.29, 1.82) is 0 Å². The molecule has 168 valence electrons. The van der Waals surface area contributed by atoms with Gasteiger partial charge in [0, 0.05) is 17.9 Å². The molecule has 0 amide bonds. The number of rotatable bonds is 8. The predicted octanol–water partition coefficient (Wildman–Crippen LogP) is 4.76. The number of hydrogen-bond donors (Lipinski definition) is 1. The normalized spacial score (nSPS) is 11.4. The molecular formula is C23H20N4O5S. The molecule has 0 bridgehead atoms. The van der Waals surface area contributed by atoms with Gasteiger partial charge < -0.3 is 15.2 Å². The van der Waals surface area contributed by atoms with Crippen molar-refractivity contribution < 1.29 is 19.2 Å². The molecule has 33 heavy (non-hydrogen) atoms. The Kier molecular flexibility index (Phi) is 8.14. The molecule has 0 fully saturated rings. The van der Waals surface area contributed by atoms with Crippen LogP contribution in [0.3, 0.4) is 0 Å². The van der Waals surface area contributed by atoms with E-state index in [1.54, 1.807) is 24.3 Å². The third kappa shape index (κ3) is 6.91. The lowest BCUT2D eigenvalue weighted by Crippen LogP contribution is -2.06. The minimum Gasteiger partial charge on any atom is -0.465 e. The third-order valence-corrected chi connectivity index (χ3v) is 5.11. The summed E-state index contributed by atoms with van der Waals surface area (Å²) in [6.07, 6.45) is 1.51. The minimum atomic E-state index is -0.746. The van der Waals surface area contributed by atoms with Crippen LogP contribution < -0.4 is 10.5 Å². The first-order chi connectivity index (χ1) is 16.0. The maximum Gasteiger partial charge on any atom is 0.341 e. The number of nitro groups is 1. The lowest BCUT2D eigenvalue weighted by Gasteiger charge is -2.10. The van der Waals surface area contributed by atoms with Crippen LogP contribution in [-0.4, -0.2) is 29.4 Å². The Bertz CT molecular complexity index is 1200. The van der Waals surface area contributed by atoms with Gasteiger partial charge in [-0.25, -0.2) is 4.79 Å². The molecule has 0 atom stereocenters. The topological polar surface area (TPSA) is 129 Å². The Morgan fingerprint density at radius 2 is 1.91 bits per heavy atom. The highest BCUT2D eigenvalue weighted by Crippen LogP contribution is 2.29. The Labute approximate surface area is 194 Å². The average molecular weight is 465 g/mol. The number of carbonyl (C=O) groups excluding carboxylic acids is 1. The Morgan fingerprint density at radius 1 is 1.12 bits per heavy atom. The molecule has 0 aliphatic rings. The largest absolute Gasteiger partial charge is 0.465 e. The molecule has 9 nitrogen and oxygen atoms in total. The Hall–Kier alpha value is -4.18. The second kappa shape index (κ2) is 11.4. The molecule has 0 unspecified atom stereocenters. The van der Waals surface area contributed by atoms with Gasteiger partial charge >= 0.3 is 5.97 Å². The van der Waals surface area contributed by atoms with Crippen LogP contribution in [0.1, 0.15) is 21.5 Å². The first-order valence-corrected chi connectivity index (χ1v) is 10.6. The van der Waals surface area contributed by atoms with Gasteiger partial charge in [-0.1, -0.05) is 54.2 Å². The summed E-state index contributed by atoms with van der Waals surface area (Å²) in [5, 5.41) is 19.3. The van der Waals surface area contributed by atoms with Crippen LogP contribution in [0.15, 0.2) is 83.0 Å². The van der Waals surface area contributed by atoms with Crippen molar-refractivity contribution in [1.82, 2.24) is 0 Å². The molecule has 0 saturated carbocycles. The van der Waals surface area contributed by atoms with Crippen molar-refractivity contribution in [3.05, 3.63) is 99.6 Å². The standard InChI is InChI=1S/C23H20N4O5S/c1-31-22(28)20-13-18(27(29)30)10-11-21(20)32-19-9-5-8-17(12-19)14-25-26-23(24)33-15-16-6-3-2-4-7-16/h2-14H,15H2,1H3,(H2,24,26). The van der Waals surface area contributed by atoms with Gasteiger partial charge in [0.25, 0.3) is 5.69 Å². The van der Waals surface area contributed by atoms with Crippen molar-refractivity contribution in [2.24, 2.45) is 15.9 Å². The first-order valence-electron chi connectivity index (χ1n) is 9.64. The fourth-order valence-electron chi connectivity index (χ4n) is 2.69. The van der Waals surface area contributed by atoms with Crippen LogP contribution in [0, 0.1) is 10.1 Å². The number of methoxy groups -OCH3 is 1. The summed E-state index contributed by atoms with van der Waals surface area (Å²) in [7, 11) is 1.19. The second-order valence-corrected chi connectivity index (χ2v) is 7.56. The van der Waals surface area contributed by atoms with Gasteiger partial charge in [0.05, 0.1) is 18.2 Å². The van der Waals surface area contributed by atoms with Gasteiger partial charge in [0.2, 0.25) is 0 Å². The number of benzene rings is 3. The smallest absolute Gasteiger partial charge is 0.341 e. The number of non-ortho nitro benzene ring substituents is 1. The summed E-state index contributed by atoms with van der Waals surface area (Å²) in [5.41, 5.74) is 7.40. The van der Waals surface area contributed by atoms with Crippen molar-refractivity contribution in [2.45, 2.75) is 5.75 Å². The van der Waals surface area contributed by atoms with Crippen molar-refractivity contribution >= 4 is 34.8 Å². The lowest BCUT2D eigenvalue weighted by molar-refractivity contribution is -0.384. The predicted molar refractivity (Wildman–Crippen MR) is 128 cm³/mol. The first kappa shape index (κ1) is 23.5. The van der Waals surface area contributed by atoms with Crippen LogP contribution in [-0.2, 0) is 10.5 Å². The van der Waals surface area contributed by atoms with E-state index in [1.807, 2.05) is 30.3 Å². The van der Waals surface area contributed by atoms with E-state index in [-0.39, 0.29) is 17.0 Å². The minimum absolute atomic E-state index is 0.0569.